The lowest BCUT2D eigenvalue weighted by molar-refractivity contribution is -0.133. The molecule has 0 atom stereocenters. The number of hydrogen-bond acceptors (Lipinski definition) is 7. The van der Waals surface area contributed by atoms with E-state index in [1.807, 2.05) is 0 Å². The highest BCUT2D eigenvalue weighted by Gasteiger charge is 2.13. The second-order valence-corrected chi connectivity index (χ2v) is 5.63. The Morgan fingerprint density at radius 3 is 2.95 bits per heavy atom. The van der Waals surface area contributed by atoms with Crippen molar-refractivity contribution in [2.24, 2.45) is 0 Å². The summed E-state index contributed by atoms with van der Waals surface area (Å²) in [6.07, 6.45) is 2.71. The molecule has 2 rings (SSSR count). The van der Waals surface area contributed by atoms with Crippen molar-refractivity contribution in [2.75, 3.05) is 11.1 Å². The maximum atomic E-state index is 11.8. The van der Waals surface area contributed by atoms with Gasteiger partial charge in [0.25, 0.3) is 5.91 Å². The highest BCUT2D eigenvalue weighted by molar-refractivity contribution is 8.01. The molecule has 0 radical (unpaired) electrons. The van der Waals surface area contributed by atoms with Gasteiger partial charge in [-0.15, -0.1) is 10.2 Å². The Morgan fingerprint density at radius 2 is 2.25 bits per heavy atom. The molecule has 20 heavy (non-hydrogen) atoms. The molecule has 104 valence electrons. The number of aromatic amines is 1. The number of carboxylic acid groups (broad SMARTS) is 1. The van der Waals surface area contributed by atoms with Crippen LogP contribution in [0.2, 0.25) is 0 Å². The van der Waals surface area contributed by atoms with Gasteiger partial charge in [-0.05, 0) is 0 Å². The summed E-state index contributed by atoms with van der Waals surface area (Å²) in [7, 11) is 0. The monoisotopic (exact) mass is 312 g/mol. The number of anilines is 1. The third-order valence-corrected chi connectivity index (χ3v) is 3.97. The summed E-state index contributed by atoms with van der Waals surface area (Å²) in [5.74, 6) is -1.70. The predicted octanol–water partition coefficient (Wildman–Crippen LogP) is 0.655. The molecule has 0 fully saturated rings. The van der Waals surface area contributed by atoms with Crippen LogP contribution in [0.4, 0.5) is 5.13 Å². The standard InChI is InChI=1S/C10H8N4O4S2/c15-6-1-2-11-3-5(6)8(18)12-9-13-14-10(20-9)19-4-7(16)17/h1-3H,4H2,(H,11,15)(H,16,17)(H,12,13,18). The second-order valence-electron chi connectivity index (χ2n) is 3.43. The number of carbonyl (C=O) groups is 2. The Morgan fingerprint density at radius 1 is 1.45 bits per heavy atom. The van der Waals surface area contributed by atoms with Crippen molar-refractivity contribution in [3.05, 3.63) is 34.2 Å². The lowest BCUT2D eigenvalue weighted by atomic mass is 10.2. The van der Waals surface area contributed by atoms with Crippen LogP contribution >= 0.6 is 23.1 Å². The van der Waals surface area contributed by atoms with Gasteiger partial charge in [0, 0.05) is 18.5 Å². The van der Waals surface area contributed by atoms with Crippen molar-refractivity contribution in [2.45, 2.75) is 4.34 Å². The van der Waals surface area contributed by atoms with Gasteiger partial charge in [-0.1, -0.05) is 23.1 Å². The lowest BCUT2D eigenvalue weighted by Gasteiger charge is -1.98. The summed E-state index contributed by atoms with van der Waals surface area (Å²) < 4.78 is 0.421. The van der Waals surface area contributed by atoms with E-state index in [2.05, 4.69) is 20.5 Å². The normalized spacial score (nSPS) is 10.2. The molecule has 3 N–H and O–H groups in total. The quantitative estimate of drug-likeness (QED) is 0.547. The number of H-pyrrole nitrogens is 1. The topological polar surface area (TPSA) is 125 Å². The van der Waals surface area contributed by atoms with Crippen molar-refractivity contribution < 1.29 is 14.7 Å². The lowest BCUT2D eigenvalue weighted by Crippen LogP contribution is -2.20. The van der Waals surface area contributed by atoms with E-state index in [-0.39, 0.29) is 16.4 Å². The Labute approximate surface area is 120 Å². The number of hydrogen-bond donors (Lipinski definition) is 3. The summed E-state index contributed by atoms with van der Waals surface area (Å²) in [4.78, 5) is 36.3. The smallest absolute Gasteiger partial charge is 0.313 e. The van der Waals surface area contributed by atoms with Crippen molar-refractivity contribution in [1.29, 1.82) is 0 Å². The van der Waals surface area contributed by atoms with E-state index >= 15 is 0 Å². The van der Waals surface area contributed by atoms with Crippen LogP contribution in [-0.2, 0) is 4.79 Å². The number of rotatable bonds is 5. The fourth-order valence-electron chi connectivity index (χ4n) is 1.20. The summed E-state index contributed by atoms with van der Waals surface area (Å²) in [6.45, 7) is 0. The van der Waals surface area contributed by atoms with Gasteiger partial charge in [-0.2, -0.15) is 0 Å². The van der Waals surface area contributed by atoms with E-state index < -0.39 is 17.3 Å². The van der Waals surface area contributed by atoms with Crippen LogP contribution in [0.25, 0.3) is 0 Å². The van der Waals surface area contributed by atoms with Gasteiger partial charge in [-0.25, -0.2) is 0 Å². The molecule has 8 nitrogen and oxygen atoms in total. The number of pyridine rings is 1. The predicted molar refractivity (Wildman–Crippen MR) is 73.3 cm³/mol. The Bertz CT molecular complexity index is 696. The highest BCUT2D eigenvalue weighted by Crippen LogP contribution is 2.25. The van der Waals surface area contributed by atoms with Gasteiger partial charge in [0.1, 0.15) is 5.56 Å². The minimum Gasteiger partial charge on any atom is -0.481 e. The molecule has 2 aromatic heterocycles. The molecule has 2 heterocycles. The van der Waals surface area contributed by atoms with Crippen molar-refractivity contribution in [1.82, 2.24) is 15.2 Å². The third kappa shape index (κ3) is 3.65. The van der Waals surface area contributed by atoms with E-state index in [9.17, 15) is 14.4 Å². The SMILES string of the molecule is O=C(O)CSc1nnc(NC(=O)c2c[nH]ccc2=O)s1. The summed E-state index contributed by atoms with van der Waals surface area (Å²) in [6, 6.07) is 1.24. The molecule has 0 unspecified atom stereocenters. The van der Waals surface area contributed by atoms with Gasteiger partial charge in [-0.3, -0.25) is 19.7 Å². The van der Waals surface area contributed by atoms with Crippen LogP contribution in [-0.4, -0.2) is 37.9 Å². The van der Waals surface area contributed by atoms with Crippen LogP contribution in [0.5, 0.6) is 0 Å². The van der Waals surface area contributed by atoms with Gasteiger partial charge < -0.3 is 10.1 Å². The molecule has 0 aliphatic carbocycles. The van der Waals surface area contributed by atoms with E-state index in [1.165, 1.54) is 18.5 Å². The Balaban J connectivity index is 2.04. The number of nitrogens with one attached hydrogen (secondary N) is 2. The maximum Gasteiger partial charge on any atom is 0.313 e. The van der Waals surface area contributed by atoms with E-state index in [1.54, 1.807) is 0 Å². The van der Waals surface area contributed by atoms with Crippen LogP contribution in [0.1, 0.15) is 10.4 Å². The summed E-state index contributed by atoms with van der Waals surface area (Å²) in [5.41, 5.74) is -0.450. The Hall–Kier alpha value is -2.20. The van der Waals surface area contributed by atoms with Gasteiger partial charge in [0.2, 0.25) is 5.13 Å². The second kappa shape index (κ2) is 6.30. The average molecular weight is 312 g/mol. The Kier molecular flexibility index (Phi) is 4.48. The summed E-state index contributed by atoms with van der Waals surface area (Å²) in [5, 5.41) is 18.6. The van der Waals surface area contributed by atoms with Crippen molar-refractivity contribution in [3.63, 3.8) is 0 Å². The van der Waals surface area contributed by atoms with Gasteiger partial charge >= 0.3 is 5.97 Å². The fourth-order valence-corrected chi connectivity index (χ4v) is 2.67. The zero-order valence-corrected chi connectivity index (χ0v) is 11.5. The van der Waals surface area contributed by atoms with Crippen LogP contribution in [0.15, 0.2) is 27.6 Å². The minimum absolute atomic E-state index is 0.0394. The van der Waals surface area contributed by atoms with Crippen LogP contribution in [0.3, 0.4) is 0 Å². The van der Waals surface area contributed by atoms with E-state index in [0.717, 1.165) is 23.1 Å². The minimum atomic E-state index is -0.966. The zero-order chi connectivity index (χ0) is 14.5. The summed E-state index contributed by atoms with van der Waals surface area (Å²) >= 11 is 2.04. The number of aromatic nitrogens is 3. The molecule has 0 spiro atoms. The van der Waals surface area contributed by atoms with Crippen LogP contribution in [0, 0.1) is 0 Å². The molecular formula is C10H8N4O4S2. The van der Waals surface area contributed by atoms with E-state index in [0.29, 0.717) is 4.34 Å². The molecule has 10 heteroatoms. The number of aliphatic carboxylic acids is 1. The largest absolute Gasteiger partial charge is 0.481 e. The first-order valence-electron chi connectivity index (χ1n) is 5.23. The van der Waals surface area contributed by atoms with Gasteiger partial charge in [0.05, 0.1) is 5.75 Å². The molecule has 1 amide bonds. The van der Waals surface area contributed by atoms with Crippen LogP contribution < -0.4 is 10.7 Å². The third-order valence-electron chi connectivity index (χ3n) is 2.01. The molecular weight excluding hydrogens is 304 g/mol. The molecule has 0 aromatic carbocycles. The highest BCUT2D eigenvalue weighted by atomic mass is 32.2. The average Bonchev–Trinajstić information content (AvgIpc) is 2.84. The first-order valence-corrected chi connectivity index (χ1v) is 7.03. The molecule has 2 aromatic rings. The van der Waals surface area contributed by atoms with Crippen molar-refractivity contribution >= 4 is 40.1 Å². The molecule has 0 aliphatic rings. The molecule has 0 bridgehead atoms. The fraction of sp³-hybridized carbons (Fsp3) is 0.100. The van der Waals surface area contributed by atoms with Gasteiger partial charge in [0.15, 0.2) is 9.77 Å². The van der Waals surface area contributed by atoms with E-state index in [4.69, 9.17) is 5.11 Å². The number of carboxylic acids is 1. The molecule has 0 saturated heterocycles. The molecule has 0 saturated carbocycles. The number of nitrogens with zero attached hydrogens (tertiary/aromatic N) is 2. The van der Waals surface area contributed by atoms with Crippen molar-refractivity contribution in [3.8, 4) is 0 Å². The first-order chi connectivity index (χ1) is 9.56. The first kappa shape index (κ1) is 14.2. The maximum absolute atomic E-state index is 11.8. The zero-order valence-electron chi connectivity index (χ0n) is 9.82. The number of carbonyl (C=O) groups excluding carboxylic acids is 1. The number of amides is 1. The molecule has 0 aliphatic heterocycles. The number of thioether (sulfide) groups is 1.